The van der Waals surface area contributed by atoms with Crippen LogP contribution in [0.15, 0.2) is 48.7 Å². The van der Waals surface area contributed by atoms with E-state index in [2.05, 4.69) is 20.9 Å². The van der Waals surface area contributed by atoms with Gasteiger partial charge in [-0.05, 0) is 61.6 Å². The molecule has 188 valence electrons. The van der Waals surface area contributed by atoms with E-state index in [0.29, 0.717) is 16.4 Å². The molecule has 1 atom stereocenters. The molecule has 5 rings (SSSR count). The number of amides is 2. The van der Waals surface area contributed by atoms with E-state index in [0.717, 1.165) is 67.8 Å². The van der Waals surface area contributed by atoms with Crippen LogP contribution in [-0.4, -0.2) is 34.0 Å². The molecule has 1 aliphatic carbocycles. The molecule has 3 heterocycles. The first kappa shape index (κ1) is 24.5. The largest absolute Gasteiger partial charge is 0.339 e. The summed E-state index contributed by atoms with van der Waals surface area (Å²) in [5.74, 6) is -0.243. The molecular weight excluding hydrogens is 474 g/mol. The summed E-state index contributed by atoms with van der Waals surface area (Å²) in [6.07, 6.45) is 6.90. The SMILES string of the molecule is Cc1nccc(Cl)c1-c1ccc(NC(=O)C(NC(=O)c2ccc3n2CCNC3)C2CCCCC2)cc1. The molecule has 1 aromatic carbocycles. The van der Waals surface area contributed by atoms with E-state index in [1.807, 2.05) is 47.9 Å². The van der Waals surface area contributed by atoms with E-state index in [1.54, 1.807) is 12.3 Å². The molecule has 1 unspecified atom stereocenters. The summed E-state index contributed by atoms with van der Waals surface area (Å²) >= 11 is 6.40. The number of nitrogens with one attached hydrogen (secondary N) is 3. The summed E-state index contributed by atoms with van der Waals surface area (Å²) in [4.78, 5) is 31.1. The highest BCUT2D eigenvalue weighted by molar-refractivity contribution is 6.33. The summed E-state index contributed by atoms with van der Waals surface area (Å²) in [6, 6.07) is 12.6. The number of hydrogen-bond acceptors (Lipinski definition) is 4. The second-order valence-electron chi connectivity index (χ2n) is 9.71. The van der Waals surface area contributed by atoms with Gasteiger partial charge in [-0.25, -0.2) is 0 Å². The Morgan fingerprint density at radius 2 is 1.86 bits per heavy atom. The van der Waals surface area contributed by atoms with E-state index >= 15 is 0 Å². The summed E-state index contributed by atoms with van der Waals surface area (Å²) in [5, 5.41) is 10.1. The number of aryl methyl sites for hydroxylation is 1. The minimum absolute atomic E-state index is 0.122. The fourth-order valence-corrected chi connectivity index (χ4v) is 5.74. The lowest BCUT2D eigenvalue weighted by molar-refractivity contribution is -0.119. The third-order valence-corrected chi connectivity index (χ3v) is 7.66. The van der Waals surface area contributed by atoms with E-state index in [1.165, 1.54) is 6.42 Å². The van der Waals surface area contributed by atoms with Crippen molar-refractivity contribution in [2.45, 2.75) is 58.2 Å². The highest BCUT2D eigenvalue weighted by atomic mass is 35.5. The maximum atomic E-state index is 13.5. The number of carbonyl (C=O) groups is 2. The molecule has 0 radical (unpaired) electrons. The van der Waals surface area contributed by atoms with Gasteiger partial charge in [-0.2, -0.15) is 0 Å². The maximum absolute atomic E-state index is 13.5. The van der Waals surface area contributed by atoms with Gasteiger partial charge in [0.15, 0.2) is 0 Å². The van der Waals surface area contributed by atoms with Crippen LogP contribution in [0.2, 0.25) is 5.02 Å². The number of benzene rings is 1. The van der Waals surface area contributed by atoms with Crippen LogP contribution in [-0.2, 0) is 17.9 Å². The first-order valence-corrected chi connectivity index (χ1v) is 13.1. The van der Waals surface area contributed by atoms with Crippen molar-refractivity contribution < 1.29 is 9.59 Å². The molecule has 2 amide bonds. The standard InChI is InChI=1S/C28H32ClN5O2/c1-18-25(23(29)13-14-31-18)19-7-9-21(10-8-19)32-28(36)26(20-5-3-2-4-6-20)33-27(35)24-12-11-22-17-30-15-16-34(22)24/h7-14,20,26,30H,2-6,15-17H2,1H3,(H,32,36)(H,33,35). The summed E-state index contributed by atoms with van der Waals surface area (Å²) in [7, 11) is 0. The molecule has 1 fully saturated rings. The molecule has 3 aromatic rings. The molecule has 7 nitrogen and oxygen atoms in total. The monoisotopic (exact) mass is 505 g/mol. The summed E-state index contributed by atoms with van der Waals surface area (Å²) in [6.45, 7) is 4.25. The lowest BCUT2D eigenvalue weighted by Gasteiger charge is -2.30. The van der Waals surface area contributed by atoms with Gasteiger partial charge in [-0.1, -0.05) is 43.0 Å². The first-order chi connectivity index (χ1) is 17.5. The van der Waals surface area contributed by atoms with Crippen LogP contribution in [0.1, 0.15) is 54.0 Å². The molecule has 8 heteroatoms. The van der Waals surface area contributed by atoms with E-state index in [-0.39, 0.29) is 17.7 Å². The third kappa shape index (κ3) is 5.18. The topological polar surface area (TPSA) is 88.1 Å². The van der Waals surface area contributed by atoms with Gasteiger partial charge in [0.1, 0.15) is 11.7 Å². The van der Waals surface area contributed by atoms with Gasteiger partial charge in [0.2, 0.25) is 5.91 Å². The van der Waals surface area contributed by atoms with Crippen LogP contribution in [0.5, 0.6) is 0 Å². The Morgan fingerprint density at radius 1 is 1.08 bits per heavy atom. The number of nitrogens with zero attached hydrogens (tertiary/aromatic N) is 2. The van der Waals surface area contributed by atoms with Gasteiger partial charge in [0.05, 0.1) is 5.02 Å². The van der Waals surface area contributed by atoms with Gasteiger partial charge < -0.3 is 20.5 Å². The van der Waals surface area contributed by atoms with Crippen LogP contribution in [0, 0.1) is 12.8 Å². The highest BCUT2D eigenvalue weighted by Gasteiger charge is 2.32. The van der Waals surface area contributed by atoms with E-state index in [9.17, 15) is 9.59 Å². The second kappa shape index (κ2) is 10.8. The van der Waals surface area contributed by atoms with Gasteiger partial charge in [-0.15, -0.1) is 0 Å². The zero-order chi connectivity index (χ0) is 25.1. The van der Waals surface area contributed by atoms with Gasteiger partial charge in [-0.3, -0.25) is 14.6 Å². The zero-order valence-corrected chi connectivity index (χ0v) is 21.3. The number of fused-ring (bicyclic) bond motifs is 1. The van der Waals surface area contributed by atoms with Crippen molar-refractivity contribution in [1.29, 1.82) is 0 Å². The fourth-order valence-electron chi connectivity index (χ4n) is 5.44. The number of carbonyl (C=O) groups excluding carboxylic acids is 2. The van der Waals surface area contributed by atoms with Crippen molar-refractivity contribution in [3.63, 3.8) is 0 Å². The highest BCUT2D eigenvalue weighted by Crippen LogP contribution is 2.31. The van der Waals surface area contributed by atoms with Gasteiger partial charge in [0.25, 0.3) is 5.91 Å². The first-order valence-electron chi connectivity index (χ1n) is 12.7. The van der Waals surface area contributed by atoms with Crippen LogP contribution in [0.25, 0.3) is 11.1 Å². The molecule has 0 bridgehead atoms. The predicted octanol–water partition coefficient (Wildman–Crippen LogP) is 4.93. The average Bonchev–Trinajstić information content (AvgIpc) is 3.33. The molecule has 2 aliphatic rings. The predicted molar refractivity (Wildman–Crippen MR) is 142 cm³/mol. The molecule has 36 heavy (non-hydrogen) atoms. The van der Waals surface area contributed by atoms with E-state index in [4.69, 9.17) is 11.6 Å². The Labute approximate surface area is 216 Å². The van der Waals surface area contributed by atoms with Crippen molar-refractivity contribution in [1.82, 2.24) is 20.2 Å². The molecule has 2 aromatic heterocycles. The van der Waals surface area contributed by atoms with Crippen molar-refractivity contribution in [2.75, 3.05) is 11.9 Å². The second-order valence-corrected chi connectivity index (χ2v) is 10.1. The average molecular weight is 506 g/mol. The van der Waals surface area contributed by atoms with Gasteiger partial charge in [0, 0.05) is 48.5 Å². The molecule has 0 saturated heterocycles. The summed E-state index contributed by atoms with van der Waals surface area (Å²) in [5.41, 5.74) is 5.07. The molecular formula is C28H32ClN5O2. The molecule has 0 spiro atoms. The van der Waals surface area contributed by atoms with Crippen molar-refractivity contribution >= 4 is 29.1 Å². The van der Waals surface area contributed by atoms with Crippen LogP contribution in [0.4, 0.5) is 5.69 Å². The number of pyridine rings is 1. The van der Waals surface area contributed by atoms with E-state index < -0.39 is 6.04 Å². The van der Waals surface area contributed by atoms with Crippen molar-refractivity contribution in [3.05, 3.63) is 70.8 Å². The number of anilines is 1. The van der Waals surface area contributed by atoms with Gasteiger partial charge >= 0.3 is 0 Å². The van der Waals surface area contributed by atoms with Crippen molar-refractivity contribution in [3.8, 4) is 11.1 Å². The van der Waals surface area contributed by atoms with Crippen LogP contribution in [0.3, 0.4) is 0 Å². The quantitative estimate of drug-likeness (QED) is 0.443. The Morgan fingerprint density at radius 3 is 2.61 bits per heavy atom. The van der Waals surface area contributed by atoms with Crippen molar-refractivity contribution in [2.24, 2.45) is 5.92 Å². The van der Waals surface area contributed by atoms with Crippen LogP contribution >= 0.6 is 11.6 Å². The molecule has 1 aliphatic heterocycles. The Hall–Kier alpha value is -3.16. The summed E-state index contributed by atoms with van der Waals surface area (Å²) < 4.78 is 2.05. The Bertz CT molecular complexity index is 1230. The number of rotatable bonds is 6. The molecule has 1 saturated carbocycles. The Balaban J connectivity index is 1.33. The zero-order valence-electron chi connectivity index (χ0n) is 20.5. The number of aromatic nitrogens is 2. The number of halogens is 1. The minimum atomic E-state index is -0.583. The maximum Gasteiger partial charge on any atom is 0.268 e. The normalized spacial score (nSPS) is 16.7. The Kier molecular flexibility index (Phi) is 7.39. The minimum Gasteiger partial charge on any atom is -0.339 e. The lowest BCUT2D eigenvalue weighted by atomic mass is 9.83. The van der Waals surface area contributed by atoms with Crippen LogP contribution < -0.4 is 16.0 Å². The third-order valence-electron chi connectivity index (χ3n) is 7.34. The lowest BCUT2D eigenvalue weighted by Crippen LogP contribution is -2.49. The fraction of sp³-hybridized carbons (Fsp3) is 0.393. The number of hydrogen-bond donors (Lipinski definition) is 3. The molecule has 3 N–H and O–H groups in total. The smallest absolute Gasteiger partial charge is 0.268 e.